The van der Waals surface area contributed by atoms with Gasteiger partial charge < -0.3 is 9.88 Å². The number of benzene rings is 1. The summed E-state index contributed by atoms with van der Waals surface area (Å²) in [5.41, 5.74) is -0.105. The molecule has 1 aliphatic heterocycles. The molecule has 1 fully saturated rings. The number of fused-ring (bicyclic) bond motifs is 1. The Bertz CT molecular complexity index is 771. The van der Waals surface area contributed by atoms with E-state index in [0.717, 1.165) is 32.5 Å². The first-order valence-corrected chi connectivity index (χ1v) is 9.18. The molecule has 3 rings (SSSR count). The van der Waals surface area contributed by atoms with Gasteiger partial charge in [0.2, 0.25) is 0 Å². The SMILES string of the molecule is CCN1CCC(c2nc3c(F)c(Br)c(I)cc3c(=O)[nH]2)CC1. The molecule has 1 aliphatic rings. The summed E-state index contributed by atoms with van der Waals surface area (Å²) in [7, 11) is 0. The highest BCUT2D eigenvalue weighted by Gasteiger charge is 2.23. The van der Waals surface area contributed by atoms with Gasteiger partial charge in [0, 0.05) is 9.49 Å². The third-order valence-electron chi connectivity index (χ3n) is 4.28. The second-order valence-electron chi connectivity index (χ2n) is 5.54. The summed E-state index contributed by atoms with van der Waals surface area (Å²) in [5, 5.41) is 0.305. The lowest BCUT2D eigenvalue weighted by Gasteiger charge is -2.30. The zero-order chi connectivity index (χ0) is 15.9. The summed E-state index contributed by atoms with van der Waals surface area (Å²) in [4.78, 5) is 21.9. The number of piperidine rings is 1. The third-order valence-corrected chi connectivity index (χ3v) is 6.64. The fourth-order valence-corrected chi connectivity index (χ4v) is 3.77. The second kappa shape index (κ2) is 6.52. The fourth-order valence-electron chi connectivity index (χ4n) is 2.92. The van der Waals surface area contributed by atoms with Crippen molar-refractivity contribution in [2.45, 2.75) is 25.7 Å². The molecule has 4 nitrogen and oxygen atoms in total. The highest BCUT2D eigenvalue weighted by atomic mass is 127. The number of H-pyrrole nitrogens is 1. The summed E-state index contributed by atoms with van der Waals surface area (Å²) in [5.74, 6) is 0.345. The third kappa shape index (κ3) is 2.94. The maximum absolute atomic E-state index is 14.4. The molecule has 1 N–H and O–H groups in total. The molecule has 1 aromatic carbocycles. The highest BCUT2D eigenvalue weighted by molar-refractivity contribution is 14.1. The van der Waals surface area contributed by atoms with Crippen LogP contribution in [0.25, 0.3) is 10.9 Å². The standard InChI is InChI=1S/C15H16BrFIN3O/c1-2-21-5-3-8(4-6-21)14-19-13-9(15(22)20-14)7-10(18)11(16)12(13)17/h7-8H,2-6H2,1H3,(H,19,20,22). The summed E-state index contributed by atoms with van der Waals surface area (Å²) in [6.07, 6.45) is 1.88. The molecule has 0 amide bonds. The number of nitrogens with zero attached hydrogens (tertiary/aromatic N) is 2. The average Bonchev–Trinajstić information content (AvgIpc) is 2.54. The minimum atomic E-state index is -0.458. The number of nitrogens with one attached hydrogen (secondary N) is 1. The molecule has 0 spiro atoms. The molecular weight excluding hydrogens is 464 g/mol. The number of halogens is 3. The van der Waals surface area contributed by atoms with Crippen LogP contribution in [0.1, 0.15) is 31.5 Å². The van der Waals surface area contributed by atoms with Crippen LogP contribution in [0.3, 0.4) is 0 Å². The van der Waals surface area contributed by atoms with Crippen molar-refractivity contribution in [2.24, 2.45) is 0 Å². The Kier molecular flexibility index (Phi) is 4.84. The first-order valence-electron chi connectivity index (χ1n) is 7.31. The van der Waals surface area contributed by atoms with Crippen molar-refractivity contribution in [2.75, 3.05) is 19.6 Å². The lowest BCUT2D eigenvalue weighted by Crippen LogP contribution is -2.33. The largest absolute Gasteiger partial charge is 0.310 e. The van der Waals surface area contributed by atoms with Gasteiger partial charge in [-0.15, -0.1) is 0 Å². The molecular formula is C15H16BrFIN3O. The van der Waals surface area contributed by atoms with Crippen LogP contribution in [-0.4, -0.2) is 34.5 Å². The maximum Gasteiger partial charge on any atom is 0.258 e. The van der Waals surface area contributed by atoms with Gasteiger partial charge in [0.25, 0.3) is 5.56 Å². The Balaban J connectivity index is 2.04. The fraction of sp³-hybridized carbons (Fsp3) is 0.467. The molecule has 2 heterocycles. The van der Waals surface area contributed by atoms with Crippen LogP contribution >= 0.6 is 38.5 Å². The minimum Gasteiger partial charge on any atom is -0.310 e. The normalized spacial score (nSPS) is 17.3. The predicted octanol–water partition coefficient (Wildman–Crippen LogP) is 3.63. The second-order valence-corrected chi connectivity index (χ2v) is 7.50. The molecule has 0 unspecified atom stereocenters. The van der Waals surface area contributed by atoms with Gasteiger partial charge in [0.1, 0.15) is 11.3 Å². The number of hydrogen-bond donors (Lipinski definition) is 1. The summed E-state index contributed by atoms with van der Waals surface area (Å²) in [6.45, 7) is 5.16. The van der Waals surface area contributed by atoms with E-state index in [-0.39, 0.29) is 17.0 Å². The molecule has 0 atom stereocenters. The van der Waals surface area contributed by atoms with Crippen molar-refractivity contribution in [3.63, 3.8) is 0 Å². The van der Waals surface area contributed by atoms with Crippen LogP contribution < -0.4 is 5.56 Å². The van der Waals surface area contributed by atoms with Crippen LogP contribution in [0.5, 0.6) is 0 Å². The first-order chi connectivity index (χ1) is 10.5. The summed E-state index contributed by atoms with van der Waals surface area (Å²) >= 11 is 5.22. The Morgan fingerprint density at radius 2 is 2.18 bits per heavy atom. The van der Waals surface area contributed by atoms with Crippen molar-refractivity contribution in [3.8, 4) is 0 Å². The van der Waals surface area contributed by atoms with Gasteiger partial charge in [-0.25, -0.2) is 9.37 Å². The number of aromatic amines is 1. The molecule has 7 heteroatoms. The van der Waals surface area contributed by atoms with E-state index >= 15 is 0 Å². The number of aromatic nitrogens is 2. The molecule has 22 heavy (non-hydrogen) atoms. The molecule has 118 valence electrons. The summed E-state index contributed by atoms with van der Waals surface area (Å²) in [6, 6.07) is 1.67. The Hall–Kier alpha value is -0.540. The van der Waals surface area contributed by atoms with Gasteiger partial charge >= 0.3 is 0 Å². The van der Waals surface area contributed by atoms with E-state index in [1.807, 2.05) is 22.6 Å². The number of rotatable bonds is 2. The quantitative estimate of drug-likeness (QED) is 0.528. The number of likely N-dealkylation sites (tertiary alicyclic amines) is 1. The Morgan fingerprint density at radius 1 is 1.50 bits per heavy atom. The van der Waals surface area contributed by atoms with Crippen molar-refractivity contribution < 1.29 is 4.39 Å². The lowest BCUT2D eigenvalue weighted by molar-refractivity contribution is 0.219. The van der Waals surface area contributed by atoms with E-state index in [2.05, 4.69) is 37.7 Å². The smallest absolute Gasteiger partial charge is 0.258 e. The Labute approximate surface area is 149 Å². The van der Waals surface area contributed by atoms with Gasteiger partial charge in [0.15, 0.2) is 5.82 Å². The maximum atomic E-state index is 14.4. The van der Waals surface area contributed by atoms with Crippen molar-refractivity contribution >= 4 is 49.4 Å². The lowest BCUT2D eigenvalue weighted by atomic mass is 9.96. The molecule has 0 radical (unpaired) electrons. The van der Waals surface area contributed by atoms with Crippen LogP contribution in [0.2, 0.25) is 0 Å². The molecule has 0 aliphatic carbocycles. The Morgan fingerprint density at radius 3 is 2.82 bits per heavy atom. The van der Waals surface area contributed by atoms with Gasteiger partial charge in [-0.3, -0.25) is 4.79 Å². The average molecular weight is 480 g/mol. The highest BCUT2D eigenvalue weighted by Crippen LogP contribution is 2.30. The predicted molar refractivity (Wildman–Crippen MR) is 96.8 cm³/mol. The van der Waals surface area contributed by atoms with Crippen LogP contribution in [-0.2, 0) is 0 Å². The molecule has 2 aromatic rings. The molecule has 1 aromatic heterocycles. The molecule has 0 bridgehead atoms. The molecule has 0 saturated carbocycles. The van der Waals surface area contributed by atoms with Crippen molar-refractivity contribution in [1.82, 2.24) is 14.9 Å². The van der Waals surface area contributed by atoms with Gasteiger partial charge in [-0.05, 0) is 77.1 Å². The van der Waals surface area contributed by atoms with Crippen molar-refractivity contribution in [3.05, 3.63) is 36.1 Å². The summed E-state index contributed by atoms with van der Waals surface area (Å²) < 4.78 is 15.5. The zero-order valence-electron chi connectivity index (χ0n) is 12.1. The monoisotopic (exact) mass is 479 g/mol. The van der Waals surface area contributed by atoms with Crippen LogP contribution in [0.4, 0.5) is 4.39 Å². The molecule has 1 saturated heterocycles. The van der Waals surface area contributed by atoms with Crippen LogP contribution in [0, 0.1) is 9.39 Å². The van der Waals surface area contributed by atoms with E-state index in [9.17, 15) is 9.18 Å². The van der Waals surface area contributed by atoms with E-state index in [0.29, 0.717) is 19.3 Å². The van der Waals surface area contributed by atoms with E-state index in [4.69, 9.17) is 0 Å². The van der Waals surface area contributed by atoms with Crippen molar-refractivity contribution in [1.29, 1.82) is 0 Å². The van der Waals surface area contributed by atoms with Gasteiger partial charge in [-0.2, -0.15) is 0 Å². The van der Waals surface area contributed by atoms with E-state index in [1.54, 1.807) is 6.07 Å². The van der Waals surface area contributed by atoms with E-state index < -0.39 is 5.82 Å². The van der Waals surface area contributed by atoms with Crippen LogP contribution in [0.15, 0.2) is 15.3 Å². The zero-order valence-corrected chi connectivity index (χ0v) is 15.9. The first kappa shape index (κ1) is 16.3. The van der Waals surface area contributed by atoms with E-state index in [1.165, 1.54) is 0 Å². The minimum absolute atomic E-state index is 0.156. The van der Waals surface area contributed by atoms with Gasteiger partial charge in [-0.1, -0.05) is 6.92 Å². The van der Waals surface area contributed by atoms with Gasteiger partial charge in [0.05, 0.1) is 9.86 Å². The number of hydrogen-bond acceptors (Lipinski definition) is 3. The topological polar surface area (TPSA) is 49.0 Å².